The molecule has 9 heteroatoms. The van der Waals surface area contributed by atoms with Crippen LogP contribution in [-0.4, -0.2) is 40.8 Å². The first-order valence-electron chi connectivity index (χ1n) is 6.04. The molecule has 2 aliphatic rings. The Morgan fingerprint density at radius 3 is 3.26 bits per heavy atom. The lowest BCUT2D eigenvalue weighted by molar-refractivity contribution is -0.0164. The maximum atomic E-state index is 6.05. The van der Waals surface area contributed by atoms with Crippen LogP contribution in [0.15, 0.2) is 11.3 Å². The largest absolute Gasteiger partial charge is 0.382 e. The van der Waals surface area contributed by atoms with Crippen LogP contribution in [0.2, 0.25) is 0 Å². The molecular weight excluding hydrogens is 267 g/mol. The second kappa shape index (κ2) is 5.05. The van der Waals surface area contributed by atoms with Gasteiger partial charge in [-0.25, -0.2) is 9.98 Å². The fourth-order valence-corrected chi connectivity index (χ4v) is 2.59. The summed E-state index contributed by atoms with van der Waals surface area (Å²) < 4.78 is 12.8. The van der Waals surface area contributed by atoms with Gasteiger partial charge < -0.3 is 26.0 Å². The van der Waals surface area contributed by atoms with Crippen LogP contribution < -0.4 is 16.8 Å². The number of fused-ring (bicyclic) bond motifs is 1. The number of hydrogen-bond acceptors (Lipinski definition) is 7. The third kappa shape index (κ3) is 2.21. The minimum atomic E-state index is -0.158. The Labute approximate surface area is 112 Å². The molecule has 2 aliphatic heterocycles. The highest BCUT2D eigenvalue weighted by molar-refractivity contribution is 7.09. The maximum absolute atomic E-state index is 6.05. The quantitative estimate of drug-likeness (QED) is 0.638. The van der Waals surface area contributed by atoms with E-state index in [9.17, 15) is 0 Å². The molecule has 2 unspecified atom stereocenters. The van der Waals surface area contributed by atoms with Crippen molar-refractivity contribution in [2.45, 2.75) is 24.8 Å². The fraction of sp³-hybridized carbons (Fsp3) is 0.600. The van der Waals surface area contributed by atoms with E-state index < -0.39 is 0 Å². The number of amidine groups is 1. The monoisotopic (exact) mass is 284 g/mol. The van der Waals surface area contributed by atoms with Crippen LogP contribution in [0.3, 0.4) is 0 Å². The van der Waals surface area contributed by atoms with Crippen LogP contribution in [0, 0.1) is 0 Å². The van der Waals surface area contributed by atoms with E-state index in [2.05, 4.69) is 24.8 Å². The van der Waals surface area contributed by atoms with Crippen LogP contribution in [0.1, 0.15) is 18.3 Å². The first kappa shape index (κ1) is 12.8. The van der Waals surface area contributed by atoms with Gasteiger partial charge in [0.1, 0.15) is 30.2 Å². The van der Waals surface area contributed by atoms with Crippen molar-refractivity contribution in [2.24, 2.45) is 16.5 Å². The maximum Gasteiger partial charge on any atom is 0.150 e. The average molecular weight is 284 g/mol. The number of ether oxygens (including phenoxy) is 1. The van der Waals surface area contributed by atoms with Crippen LogP contribution in [0.5, 0.6) is 0 Å². The second-order valence-electron chi connectivity index (χ2n) is 4.59. The van der Waals surface area contributed by atoms with E-state index in [4.69, 9.17) is 20.7 Å². The molecule has 19 heavy (non-hydrogen) atoms. The predicted molar refractivity (Wildman–Crippen MR) is 73.6 cm³/mol. The Balaban J connectivity index is 1.83. The average Bonchev–Trinajstić information content (AvgIpc) is 2.95. The molecule has 5 N–H and O–H groups in total. The zero-order valence-electron chi connectivity index (χ0n) is 10.3. The molecule has 1 fully saturated rings. The first-order valence-corrected chi connectivity index (χ1v) is 6.51. The Bertz CT molecular complexity index is 504. The molecule has 0 bridgehead atoms. The Kier molecular flexibility index (Phi) is 3.40. The van der Waals surface area contributed by atoms with E-state index >= 15 is 0 Å². The van der Waals surface area contributed by atoms with Crippen LogP contribution >= 0.6 is 9.47 Å². The lowest BCUT2D eigenvalue weighted by Gasteiger charge is -2.19. The van der Waals surface area contributed by atoms with Crippen molar-refractivity contribution < 1.29 is 9.26 Å². The SMILES string of the molecule is NC1=NCNc2c1ncn2[C@H]1CC(N)[C@@H](COP)O1. The molecule has 0 radical (unpaired) electrons. The fourth-order valence-electron chi connectivity index (χ4n) is 2.40. The van der Waals surface area contributed by atoms with Crippen molar-refractivity contribution in [1.82, 2.24) is 9.55 Å². The highest BCUT2D eigenvalue weighted by Crippen LogP contribution is 2.32. The molecule has 0 spiro atoms. The summed E-state index contributed by atoms with van der Waals surface area (Å²) in [6.45, 7) is 0.900. The molecule has 1 aromatic heterocycles. The van der Waals surface area contributed by atoms with E-state index in [1.165, 1.54) is 0 Å². The van der Waals surface area contributed by atoms with Crippen molar-refractivity contribution >= 4 is 21.1 Å². The van der Waals surface area contributed by atoms with Crippen molar-refractivity contribution in [3.63, 3.8) is 0 Å². The van der Waals surface area contributed by atoms with E-state index in [1.807, 2.05) is 4.57 Å². The van der Waals surface area contributed by atoms with Crippen LogP contribution in [0.4, 0.5) is 5.82 Å². The third-order valence-corrected chi connectivity index (χ3v) is 3.58. The summed E-state index contributed by atoms with van der Waals surface area (Å²) in [5.74, 6) is 1.27. The summed E-state index contributed by atoms with van der Waals surface area (Å²) in [5, 5.41) is 3.16. The van der Waals surface area contributed by atoms with Crippen molar-refractivity contribution in [3.05, 3.63) is 12.0 Å². The minimum Gasteiger partial charge on any atom is -0.382 e. The van der Waals surface area contributed by atoms with Gasteiger partial charge in [0.15, 0.2) is 0 Å². The lowest BCUT2D eigenvalue weighted by atomic mass is 10.1. The standard InChI is InChI=1S/C10H17N6O2P/c11-5-1-7(18-6(5)2-17-19)16-4-15-8-9(12)13-3-14-10(8)16/h4-7,14H,1-3,11,19H2,(H2,12,13)/t5?,6-,7-/m1/s1. The summed E-state index contributed by atoms with van der Waals surface area (Å²) in [5.41, 5.74) is 12.5. The Morgan fingerprint density at radius 2 is 2.47 bits per heavy atom. The van der Waals surface area contributed by atoms with E-state index in [0.29, 0.717) is 31.2 Å². The minimum absolute atomic E-state index is 0.0572. The molecule has 3 heterocycles. The predicted octanol–water partition coefficient (Wildman–Crippen LogP) is -0.607. The summed E-state index contributed by atoms with van der Waals surface area (Å²) in [7, 11) is 2.21. The van der Waals surface area contributed by atoms with Gasteiger partial charge in [-0.2, -0.15) is 0 Å². The highest BCUT2D eigenvalue weighted by Gasteiger charge is 2.35. The molecule has 1 saturated heterocycles. The Hall–Kier alpha value is -1.21. The number of hydrogen-bond donors (Lipinski definition) is 3. The molecule has 1 aromatic rings. The normalized spacial score (nSPS) is 29.8. The zero-order valence-corrected chi connectivity index (χ0v) is 11.5. The van der Waals surface area contributed by atoms with Crippen molar-refractivity contribution in [1.29, 1.82) is 0 Å². The second-order valence-corrected chi connectivity index (χ2v) is 4.92. The number of rotatable bonds is 3. The van der Waals surface area contributed by atoms with Gasteiger partial charge in [-0.3, -0.25) is 4.57 Å². The summed E-state index contributed by atoms with van der Waals surface area (Å²) >= 11 is 0. The van der Waals surface area contributed by atoms with Crippen molar-refractivity contribution in [2.75, 3.05) is 18.6 Å². The zero-order chi connectivity index (χ0) is 13.4. The van der Waals surface area contributed by atoms with Gasteiger partial charge in [0.25, 0.3) is 0 Å². The summed E-state index contributed by atoms with van der Waals surface area (Å²) in [6.07, 6.45) is 2.14. The molecule has 8 nitrogen and oxygen atoms in total. The van der Waals surface area contributed by atoms with Gasteiger partial charge >= 0.3 is 0 Å². The van der Waals surface area contributed by atoms with E-state index in [1.54, 1.807) is 6.33 Å². The molecule has 0 aromatic carbocycles. The van der Waals surface area contributed by atoms with Gasteiger partial charge in [-0.05, 0) is 0 Å². The number of nitrogens with two attached hydrogens (primary N) is 2. The van der Waals surface area contributed by atoms with Crippen LogP contribution in [0.25, 0.3) is 0 Å². The molecule has 0 aliphatic carbocycles. The lowest BCUT2D eigenvalue weighted by Crippen LogP contribution is -2.32. The van der Waals surface area contributed by atoms with Gasteiger partial charge in [0.05, 0.1) is 19.0 Å². The molecule has 104 valence electrons. The molecule has 0 amide bonds. The number of aromatic nitrogens is 2. The Morgan fingerprint density at radius 1 is 1.63 bits per heavy atom. The molecular formula is C10H17N6O2P. The van der Waals surface area contributed by atoms with E-state index in [-0.39, 0.29) is 18.4 Å². The summed E-state index contributed by atoms with van der Waals surface area (Å²) in [6, 6.07) is -0.0572. The van der Waals surface area contributed by atoms with E-state index in [0.717, 1.165) is 5.82 Å². The van der Waals surface area contributed by atoms with Crippen LogP contribution in [-0.2, 0) is 9.26 Å². The number of imidazole rings is 1. The highest BCUT2D eigenvalue weighted by atomic mass is 31.0. The van der Waals surface area contributed by atoms with Crippen molar-refractivity contribution in [3.8, 4) is 0 Å². The van der Waals surface area contributed by atoms with Gasteiger partial charge in [0, 0.05) is 21.9 Å². The first-order chi connectivity index (χ1) is 9.20. The molecule has 4 atom stereocenters. The molecule has 3 rings (SSSR count). The number of anilines is 1. The third-order valence-electron chi connectivity index (χ3n) is 3.39. The summed E-state index contributed by atoms with van der Waals surface area (Å²) in [4.78, 5) is 8.36. The molecule has 0 saturated carbocycles. The number of nitrogens with one attached hydrogen (secondary N) is 1. The number of aliphatic imine (C=N–C) groups is 1. The number of nitrogens with zero attached hydrogens (tertiary/aromatic N) is 3. The topological polar surface area (TPSA) is 113 Å². The smallest absolute Gasteiger partial charge is 0.150 e. The van der Waals surface area contributed by atoms with Gasteiger partial charge in [0.2, 0.25) is 0 Å². The van der Waals surface area contributed by atoms with Gasteiger partial charge in [-0.15, -0.1) is 0 Å². The van der Waals surface area contributed by atoms with Gasteiger partial charge in [-0.1, -0.05) is 0 Å².